The van der Waals surface area contributed by atoms with Crippen LogP contribution < -0.4 is 0 Å². The van der Waals surface area contributed by atoms with Crippen LogP contribution in [0.5, 0.6) is 0 Å². The van der Waals surface area contributed by atoms with E-state index in [4.69, 9.17) is 24.4 Å². The summed E-state index contributed by atoms with van der Waals surface area (Å²) in [6, 6.07) is 10.6. The molecule has 5 aromatic carbocycles. The first-order chi connectivity index (χ1) is 24.3. The van der Waals surface area contributed by atoms with Gasteiger partial charge in [0.1, 0.15) is 0 Å². The van der Waals surface area contributed by atoms with Crippen molar-refractivity contribution >= 4 is 107 Å². The number of amides is 3. The Hall–Kier alpha value is -4.43. The third-order valence-electron chi connectivity index (χ3n) is 10.8. The second-order valence-corrected chi connectivity index (χ2v) is 13.7. The second kappa shape index (κ2) is 13.4. The minimum Gasteiger partial charge on any atom is -0.369 e. The lowest BCUT2D eigenvalue weighted by atomic mass is 9.80. The molecule has 0 aliphatic carbocycles. The van der Waals surface area contributed by atoms with Crippen LogP contribution in [0.3, 0.4) is 0 Å². The van der Waals surface area contributed by atoms with Gasteiger partial charge in [0.2, 0.25) is 0 Å². The molecule has 50 heavy (non-hydrogen) atoms. The van der Waals surface area contributed by atoms with E-state index in [1.165, 1.54) is 4.90 Å². The normalized spacial score (nSPS) is 16.8. The number of hydrogen-bond donors (Lipinski definition) is 1. The van der Waals surface area contributed by atoms with Crippen LogP contribution in [0.4, 0.5) is 11.4 Å². The van der Waals surface area contributed by atoms with E-state index in [1.54, 1.807) is 17.0 Å². The molecule has 3 atom stereocenters. The monoisotopic (exact) mass is 702 g/mol. The maximum Gasteiger partial charge on any atom is 0.261 e. The third kappa shape index (κ3) is 4.85. The average Bonchev–Trinajstić information content (AvgIpc) is 3.12. The fourth-order valence-corrected chi connectivity index (χ4v) is 8.68. The first-order valence-electron chi connectivity index (χ1n) is 17.6. The molecular weight excluding hydrogens is 665 g/mol. The zero-order chi connectivity index (χ0) is 35.4. The van der Waals surface area contributed by atoms with Crippen LogP contribution in [-0.2, 0) is 0 Å². The third-order valence-corrected chi connectivity index (χ3v) is 11.0. The number of isothiocyanates is 2. The van der Waals surface area contributed by atoms with Gasteiger partial charge in [-0.3, -0.25) is 19.3 Å². The van der Waals surface area contributed by atoms with Crippen LogP contribution >= 0.6 is 24.4 Å². The number of carbonyl (C=O) groups excluding carboxylic acids is 3. The molecule has 7 rings (SSSR count). The minimum absolute atomic E-state index is 0.110. The van der Waals surface area contributed by atoms with E-state index in [1.807, 2.05) is 38.1 Å². The number of unbranched alkanes of at least 4 members (excludes halogenated alkanes) is 2. The van der Waals surface area contributed by atoms with Crippen LogP contribution in [0.15, 0.2) is 46.4 Å². The number of nitrogens with zero attached hydrogens (tertiary/aromatic N) is 4. The predicted molar refractivity (Wildman–Crippen MR) is 206 cm³/mol. The van der Waals surface area contributed by atoms with Crippen LogP contribution in [0.1, 0.15) is 122 Å². The van der Waals surface area contributed by atoms with Crippen LogP contribution in [0.25, 0.3) is 43.1 Å². The van der Waals surface area contributed by atoms with Gasteiger partial charge in [-0.05, 0) is 84.5 Å². The van der Waals surface area contributed by atoms with Crippen molar-refractivity contribution in [3.63, 3.8) is 0 Å². The number of rotatable bonds is 12. The van der Waals surface area contributed by atoms with E-state index in [2.05, 4.69) is 34.2 Å². The molecule has 0 fully saturated rings. The Kier molecular flexibility index (Phi) is 9.10. The molecule has 0 saturated heterocycles. The van der Waals surface area contributed by atoms with Gasteiger partial charge in [0.25, 0.3) is 17.7 Å². The molecule has 8 nitrogen and oxygen atoms in total. The fraction of sp³-hybridized carbons (Fsp3) is 0.375. The van der Waals surface area contributed by atoms with E-state index in [0.29, 0.717) is 73.4 Å². The zero-order valence-electron chi connectivity index (χ0n) is 28.6. The van der Waals surface area contributed by atoms with Gasteiger partial charge in [-0.1, -0.05) is 71.6 Å². The van der Waals surface area contributed by atoms with Crippen molar-refractivity contribution in [3.8, 4) is 0 Å². The van der Waals surface area contributed by atoms with Crippen molar-refractivity contribution in [2.45, 2.75) is 97.4 Å². The quantitative estimate of drug-likeness (QED) is 0.0456. The number of thiocarbonyl (C=S) groups is 2. The predicted octanol–water partition coefficient (Wildman–Crippen LogP) is 10.2. The second-order valence-electron chi connectivity index (χ2n) is 13.4. The Bertz CT molecular complexity index is 2270. The lowest BCUT2D eigenvalue weighted by Crippen LogP contribution is -2.47. The molecule has 3 amide bonds. The summed E-state index contributed by atoms with van der Waals surface area (Å²) in [7, 11) is 0. The SMILES string of the molecule is CCCCC(CC)N1C(=O)c2cc(N=C=S)c3c4ccc5c6c(ccc(c7c(N=C=S)cc(c2c37)C1=O)c64)C(O)N(C(CC)CCCC)C5=O. The van der Waals surface area contributed by atoms with Gasteiger partial charge < -0.3 is 10.0 Å². The van der Waals surface area contributed by atoms with Crippen molar-refractivity contribution in [3.05, 3.63) is 58.7 Å². The summed E-state index contributed by atoms with van der Waals surface area (Å²) in [4.78, 5) is 55.1. The van der Waals surface area contributed by atoms with Gasteiger partial charge in [0, 0.05) is 50.1 Å². The van der Waals surface area contributed by atoms with Gasteiger partial charge in [0.15, 0.2) is 6.23 Å². The number of aliphatic hydroxyl groups is 1. The Labute approximate surface area is 301 Å². The molecule has 1 N–H and O–H groups in total. The molecule has 2 heterocycles. The first kappa shape index (κ1) is 34.0. The molecule has 0 bridgehead atoms. The number of imide groups is 1. The van der Waals surface area contributed by atoms with Gasteiger partial charge >= 0.3 is 0 Å². The lowest BCUT2D eigenvalue weighted by Gasteiger charge is -2.39. The minimum atomic E-state index is -1.13. The summed E-state index contributed by atoms with van der Waals surface area (Å²) >= 11 is 10.3. The maximum absolute atomic E-state index is 14.4. The summed E-state index contributed by atoms with van der Waals surface area (Å²) < 4.78 is 0. The number of aliphatic imine (C=N–C) groups is 2. The molecule has 5 aromatic rings. The standard InChI is InChI=1S/C40H38N4O4S2/c1-5-9-11-21(7-3)43-37(45)25-15-13-23-31-24(14-16-26(32(25)31)38(43)46)35-30(42-20-50)18-28-33-27(17-29(41-19-49)34(23)36(33)35)39(47)44(40(28)48)22(8-4)12-10-6-2/h13-18,21-22,37,45H,5-12H2,1-4H3. The zero-order valence-corrected chi connectivity index (χ0v) is 30.3. The smallest absolute Gasteiger partial charge is 0.261 e. The molecule has 0 aromatic heterocycles. The molecule has 2 aliphatic rings. The van der Waals surface area contributed by atoms with Crippen LogP contribution in [0, 0.1) is 0 Å². The van der Waals surface area contributed by atoms with E-state index in [0.717, 1.165) is 54.7 Å². The highest BCUT2D eigenvalue weighted by Gasteiger charge is 2.41. The largest absolute Gasteiger partial charge is 0.369 e. The molecular formula is C40H38N4O4S2. The number of fused-ring (bicyclic) bond motifs is 2. The Morgan fingerprint density at radius 1 is 0.680 bits per heavy atom. The van der Waals surface area contributed by atoms with Crippen molar-refractivity contribution in [1.82, 2.24) is 9.80 Å². The summed E-state index contributed by atoms with van der Waals surface area (Å²) in [6.07, 6.45) is 5.50. The summed E-state index contributed by atoms with van der Waals surface area (Å²) in [5.41, 5.74) is 2.72. The van der Waals surface area contributed by atoms with Gasteiger partial charge in [-0.15, -0.1) is 0 Å². The summed E-state index contributed by atoms with van der Waals surface area (Å²) in [6.45, 7) is 8.24. The topological polar surface area (TPSA) is 103 Å². The number of carbonyl (C=O) groups is 3. The highest BCUT2D eigenvalue weighted by molar-refractivity contribution is 7.78. The number of benzene rings is 5. The summed E-state index contributed by atoms with van der Waals surface area (Å²) in [5.74, 6) is -0.951. The molecule has 0 spiro atoms. The Morgan fingerprint density at radius 3 is 1.74 bits per heavy atom. The molecule has 10 heteroatoms. The van der Waals surface area contributed by atoms with Gasteiger partial charge in [0.05, 0.1) is 32.8 Å². The van der Waals surface area contributed by atoms with Crippen molar-refractivity contribution in [1.29, 1.82) is 0 Å². The van der Waals surface area contributed by atoms with Crippen molar-refractivity contribution in [2.75, 3.05) is 0 Å². The molecule has 3 unspecified atom stereocenters. The highest BCUT2D eigenvalue weighted by Crippen LogP contribution is 2.53. The first-order valence-corrected chi connectivity index (χ1v) is 18.4. The fourth-order valence-electron chi connectivity index (χ4n) is 8.48. The number of aliphatic hydroxyl groups excluding tert-OH is 1. The molecule has 2 aliphatic heterocycles. The molecule has 0 radical (unpaired) electrons. The van der Waals surface area contributed by atoms with E-state index in [-0.39, 0.29) is 29.8 Å². The summed E-state index contributed by atoms with van der Waals surface area (Å²) in [5, 5.41) is 22.3. The van der Waals surface area contributed by atoms with Crippen LogP contribution in [-0.4, -0.2) is 55.0 Å². The lowest BCUT2D eigenvalue weighted by molar-refractivity contribution is -0.0185. The number of hydrogen-bond acceptors (Lipinski definition) is 8. The van der Waals surface area contributed by atoms with Crippen molar-refractivity contribution in [2.24, 2.45) is 9.98 Å². The molecule has 254 valence electrons. The molecule has 0 saturated carbocycles. The Balaban J connectivity index is 1.61. The van der Waals surface area contributed by atoms with E-state index in [9.17, 15) is 19.5 Å². The van der Waals surface area contributed by atoms with Crippen LogP contribution in [0.2, 0.25) is 0 Å². The maximum atomic E-state index is 14.4. The van der Waals surface area contributed by atoms with E-state index >= 15 is 0 Å². The van der Waals surface area contributed by atoms with Crippen molar-refractivity contribution < 1.29 is 19.5 Å². The van der Waals surface area contributed by atoms with Gasteiger partial charge in [-0.2, -0.15) is 9.98 Å². The van der Waals surface area contributed by atoms with Gasteiger partial charge in [-0.25, -0.2) is 0 Å². The van der Waals surface area contributed by atoms with E-state index < -0.39 is 6.23 Å². The average molecular weight is 703 g/mol. The Morgan fingerprint density at radius 2 is 1.22 bits per heavy atom. The highest BCUT2D eigenvalue weighted by atomic mass is 32.1.